The number of ether oxygens (including phenoxy) is 2. The Bertz CT molecular complexity index is 611. The fourth-order valence-corrected chi connectivity index (χ4v) is 2.16. The van der Waals surface area contributed by atoms with Crippen LogP contribution in [0.5, 0.6) is 17.2 Å². The first-order chi connectivity index (χ1) is 9.52. The molecule has 4 heteroatoms. The zero-order chi connectivity index (χ0) is 14.7. The monoisotopic (exact) mass is 291 g/mol. The van der Waals surface area contributed by atoms with Crippen LogP contribution in [-0.2, 0) is 0 Å². The Kier molecular flexibility index (Phi) is 4.53. The molecule has 0 aliphatic heterocycles. The number of hydrogen-bond donors (Lipinski definition) is 1. The van der Waals surface area contributed by atoms with Gasteiger partial charge in [0.15, 0.2) is 0 Å². The van der Waals surface area contributed by atoms with E-state index in [0.29, 0.717) is 5.75 Å². The van der Waals surface area contributed by atoms with Gasteiger partial charge in [-0.3, -0.25) is 0 Å². The Morgan fingerprint density at radius 1 is 1.15 bits per heavy atom. The minimum absolute atomic E-state index is 0.186. The molecule has 2 N–H and O–H groups in total. The van der Waals surface area contributed by atoms with Crippen molar-refractivity contribution < 1.29 is 9.47 Å². The lowest BCUT2D eigenvalue weighted by Crippen LogP contribution is -2.08. The van der Waals surface area contributed by atoms with Crippen molar-refractivity contribution in [2.24, 2.45) is 5.73 Å². The molecule has 0 amide bonds. The van der Waals surface area contributed by atoms with Crippen LogP contribution in [0.2, 0.25) is 5.02 Å². The first-order valence-corrected chi connectivity index (χ1v) is 6.77. The number of hydrogen-bond acceptors (Lipinski definition) is 3. The van der Waals surface area contributed by atoms with E-state index < -0.39 is 0 Å². The molecular weight excluding hydrogens is 274 g/mol. The van der Waals surface area contributed by atoms with Gasteiger partial charge in [-0.2, -0.15) is 0 Å². The van der Waals surface area contributed by atoms with Crippen molar-refractivity contribution in [3.8, 4) is 17.2 Å². The van der Waals surface area contributed by atoms with Crippen LogP contribution in [0, 0.1) is 6.92 Å². The molecule has 0 aromatic heterocycles. The van der Waals surface area contributed by atoms with Crippen molar-refractivity contribution in [1.82, 2.24) is 0 Å². The van der Waals surface area contributed by atoms with Crippen LogP contribution in [0.1, 0.15) is 24.1 Å². The second kappa shape index (κ2) is 6.16. The van der Waals surface area contributed by atoms with Gasteiger partial charge < -0.3 is 15.2 Å². The standard InChI is InChI=1S/C16H18ClNO2/c1-10-9-12(7-8-13(10)17)20-15-6-4-5-14(19-3)16(15)11(2)18/h4-9,11H,18H2,1-3H3. The van der Waals surface area contributed by atoms with Gasteiger partial charge in [0.1, 0.15) is 17.2 Å². The normalized spacial score (nSPS) is 12.1. The van der Waals surface area contributed by atoms with Gasteiger partial charge in [-0.1, -0.05) is 17.7 Å². The molecule has 0 fully saturated rings. The summed E-state index contributed by atoms with van der Waals surface area (Å²) in [5.74, 6) is 2.14. The summed E-state index contributed by atoms with van der Waals surface area (Å²) < 4.78 is 11.3. The molecule has 0 aliphatic rings. The molecule has 0 aliphatic carbocycles. The van der Waals surface area contributed by atoms with Gasteiger partial charge >= 0.3 is 0 Å². The van der Waals surface area contributed by atoms with Crippen molar-refractivity contribution in [3.63, 3.8) is 0 Å². The number of nitrogens with two attached hydrogens (primary N) is 1. The molecule has 0 saturated heterocycles. The zero-order valence-corrected chi connectivity index (χ0v) is 12.6. The molecule has 1 atom stereocenters. The second-order valence-corrected chi connectivity index (χ2v) is 5.08. The van der Waals surface area contributed by atoms with E-state index in [0.717, 1.165) is 27.6 Å². The first kappa shape index (κ1) is 14.7. The summed E-state index contributed by atoms with van der Waals surface area (Å²) in [6.45, 7) is 3.84. The van der Waals surface area contributed by atoms with Gasteiger partial charge in [0.05, 0.1) is 12.7 Å². The fourth-order valence-electron chi connectivity index (χ4n) is 2.05. The van der Waals surface area contributed by atoms with E-state index in [4.69, 9.17) is 26.8 Å². The lowest BCUT2D eigenvalue weighted by molar-refractivity contribution is 0.397. The maximum atomic E-state index is 6.02. The van der Waals surface area contributed by atoms with Gasteiger partial charge in [0.2, 0.25) is 0 Å². The Labute approximate surface area is 124 Å². The number of benzene rings is 2. The molecule has 3 nitrogen and oxygen atoms in total. The van der Waals surface area contributed by atoms with Gasteiger partial charge in [0, 0.05) is 11.1 Å². The van der Waals surface area contributed by atoms with E-state index in [1.807, 2.05) is 50.2 Å². The predicted octanol–water partition coefficient (Wildman–Crippen LogP) is 4.47. The molecule has 2 aromatic rings. The van der Waals surface area contributed by atoms with Crippen LogP contribution in [0.4, 0.5) is 0 Å². The summed E-state index contributed by atoms with van der Waals surface area (Å²) in [5.41, 5.74) is 7.83. The van der Waals surface area contributed by atoms with Gasteiger partial charge in [0.25, 0.3) is 0 Å². The molecule has 0 saturated carbocycles. The quantitative estimate of drug-likeness (QED) is 0.904. The van der Waals surface area contributed by atoms with Crippen LogP contribution in [0.25, 0.3) is 0 Å². The second-order valence-electron chi connectivity index (χ2n) is 4.67. The Morgan fingerprint density at radius 3 is 2.45 bits per heavy atom. The van der Waals surface area contributed by atoms with Crippen LogP contribution in [0.3, 0.4) is 0 Å². The third kappa shape index (κ3) is 3.06. The molecule has 0 bridgehead atoms. The van der Waals surface area contributed by atoms with Crippen LogP contribution in [0.15, 0.2) is 36.4 Å². The van der Waals surface area contributed by atoms with Crippen LogP contribution in [-0.4, -0.2) is 7.11 Å². The van der Waals surface area contributed by atoms with Crippen LogP contribution >= 0.6 is 11.6 Å². The lowest BCUT2D eigenvalue weighted by atomic mass is 10.1. The molecule has 0 heterocycles. The van der Waals surface area contributed by atoms with Crippen molar-refractivity contribution in [3.05, 3.63) is 52.5 Å². The highest BCUT2D eigenvalue weighted by molar-refractivity contribution is 6.31. The summed E-state index contributed by atoms with van der Waals surface area (Å²) in [6, 6.07) is 11.0. The molecule has 106 valence electrons. The Morgan fingerprint density at radius 2 is 1.85 bits per heavy atom. The van der Waals surface area contributed by atoms with E-state index in [2.05, 4.69) is 0 Å². The van der Waals surface area contributed by atoms with E-state index in [1.165, 1.54) is 0 Å². The number of halogens is 1. The summed E-state index contributed by atoms with van der Waals surface area (Å²) in [4.78, 5) is 0. The summed E-state index contributed by atoms with van der Waals surface area (Å²) in [7, 11) is 1.62. The average Bonchev–Trinajstić information content (AvgIpc) is 2.42. The molecule has 2 aromatic carbocycles. The molecule has 2 rings (SSSR count). The molecule has 0 radical (unpaired) electrons. The smallest absolute Gasteiger partial charge is 0.135 e. The largest absolute Gasteiger partial charge is 0.496 e. The highest BCUT2D eigenvalue weighted by Gasteiger charge is 2.15. The van der Waals surface area contributed by atoms with E-state index >= 15 is 0 Å². The van der Waals surface area contributed by atoms with E-state index in [1.54, 1.807) is 7.11 Å². The SMILES string of the molecule is COc1cccc(Oc2ccc(Cl)c(C)c2)c1C(C)N. The zero-order valence-electron chi connectivity index (χ0n) is 11.8. The predicted molar refractivity (Wildman–Crippen MR) is 81.9 cm³/mol. The number of aryl methyl sites for hydroxylation is 1. The number of rotatable bonds is 4. The minimum Gasteiger partial charge on any atom is -0.496 e. The molecule has 0 spiro atoms. The van der Waals surface area contributed by atoms with Gasteiger partial charge in [-0.15, -0.1) is 0 Å². The first-order valence-electron chi connectivity index (χ1n) is 6.39. The molecular formula is C16H18ClNO2. The molecule has 20 heavy (non-hydrogen) atoms. The summed E-state index contributed by atoms with van der Waals surface area (Å²) in [6.07, 6.45) is 0. The van der Waals surface area contributed by atoms with Crippen molar-refractivity contribution >= 4 is 11.6 Å². The topological polar surface area (TPSA) is 44.5 Å². The average molecular weight is 292 g/mol. The summed E-state index contributed by atoms with van der Waals surface area (Å²) >= 11 is 6.02. The lowest BCUT2D eigenvalue weighted by Gasteiger charge is -2.17. The fraction of sp³-hybridized carbons (Fsp3) is 0.250. The highest BCUT2D eigenvalue weighted by atomic mass is 35.5. The maximum absolute atomic E-state index is 6.02. The maximum Gasteiger partial charge on any atom is 0.135 e. The van der Waals surface area contributed by atoms with Crippen molar-refractivity contribution in [1.29, 1.82) is 0 Å². The van der Waals surface area contributed by atoms with Crippen molar-refractivity contribution in [2.75, 3.05) is 7.11 Å². The third-order valence-corrected chi connectivity index (χ3v) is 3.48. The minimum atomic E-state index is -0.186. The number of methoxy groups -OCH3 is 1. The molecule has 1 unspecified atom stereocenters. The van der Waals surface area contributed by atoms with E-state index in [9.17, 15) is 0 Å². The van der Waals surface area contributed by atoms with E-state index in [-0.39, 0.29) is 6.04 Å². The van der Waals surface area contributed by atoms with Gasteiger partial charge in [-0.05, 0) is 49.7 Å². The van der Waals surface area contributed by atoms with Crippen LogP contribution < -0.4 is 15.2 Å². The third-order valence-electron chi connectivity index (χ3n) is 3.06. The van der Waals surface area contributed by atoms with Crippen molar-refractivity contribution in [2.45, 2.75) is 19.9 Å². The Hall–Kier alpha value is -1.71. The Balaban J connectivity index is 2.40. The highest BCUT2D eigenvalue weighted by Crippen LogP contribution is 2.36. The summed E-state index contributed by atoms with van der Waals surface area (Å²) in [5, 5.41) is 0.718. The van der Waals surface area contributed by atoms with Gasteiger partial charge in [-0.25, -0.2) is 0 Å².